The van der Waals surface area contributed by atoms with Crippen LogP contribution < -0.4 is 10.2 Å². The molecule has 2 fully saturated rings. The highest BCUT2D eigenvalue weighted by molar-refractivity contribution is 14.0. The van der Waals surface area contributed by atoms with E-state index < -0.39 is 0 Å². The highest BCUT2D eigenvalue weighted by Gasteiger charge is 2.53. The van der Waals surface area contributed by atoms with E-state index in [-0.39, 0.29) is 24.0 Å². The monoisotopic (exact) mass is 411 g/mol. The third-order valence-electron chi connectivity index (χ3n) is 5.36. The van der Waals surface area contributed by atoms with E-state index in [1.54, 1.807) is 0 Å². The van der Waals surface area contributed by atoms with Crippen molar-refractivity contribution in [3.8, 4) is 0 Å². The Kier molecular flexibility index (Phi) is 4.67. The van der Waals surface area contributed by atoms with Gasteiger partial charge in [-0.1, -0.05) is 18.2 Å². The number of hydrogen-bond donors (Lipinski definition) is 1. The Balaban J connectivity index is 0.00000144. The fraction of sp³-hybridized carbons (Fsp3) is 0.611. The van der Waals surface area contributed by atoms with Crippen LogP contribution in [0.1, 0.15) is 38.2 Å². The van der Waals surface area contributed by atoms with Gasteiger partial charge in [0.15, 0.2) is 5.96 Å². The summed E-state index contributed by atoms with van der Waals surface area (Å²) in [6.45, 7) is 5.18. The third kappa shape index (κ3) is 2.99. The van der Waals surface area contributed by atoms with Gasteiger partial charge in [-0.15, -0.1) is 24.0 Å². The van der Waals surface area contributed by atoms with Gasteiger partial charge in [-0.2, -0.15) is 0 Å². The smallest absolute Gasteiger partial charge is 0.198 e. The minimum atomic E-state index is 0. The summed E-state index contributed by atoms with van der Waals surface area (Å²) >= 11 is 0. The van der Waals surface area contributed by atoms with Crippen LogP contribution in [0.15, 0.2) is 29.3 Å². The van der Waals surface area contributed by atoms with Crippen LogP contribution >= 0.6 is 24.0 Å². The normalized spacial score (nSPS) is 22.0. The van der Waals surface area contributed by atoms with Crippen molar-refractivity contribution >= 4 is 35.6 Å². The first-order valence-corrected chi connectivity index (χ1v) is 8.46. The molecule has 0 unspecified atom stereocenters. The Morgan fingerprint density at radius 1 is 1.32 bits per heavy atom. The average molecular weight is 411 g/mol. The molecule has 0 aromatic heterocycles. The molecular weight excluding hydrogens is 385 g/mol. The highest BCUT2D eigenvalue weighted by Crippen LogP contribution is 2.61. The van der Waals surface area contributed by atoms with Gasteiger partial charge in [-0.05, 0) is 62.0 Å². The van der Waals surface area contributed by atoms with Gasteiger partial charge in [0.2, 0.25) is 0 Å². The number of anilines is 1. The fourth-order valence-corrected chi connectivity index (χ4v) is 3.74. The SMILES string of the molecule is CCNC(=NCC1(C2CC2)CC1)N1CCc2ccccc21.I. The maximum Gasteiger partial charge on any atom is 0.198 e. The van der Waals surface area contributed by atoms with Crippen LogP contribution in [0.3, 0.4) is 0 Å². The van der Waals surface area contributed by atoms with Crippen molar-refractivity contribution in [2.45, 2.75) is 39.0 Å². The zero-order valence-electron chi connectivity index (χ0n) is 13.3. The summed E-state index contributed by atoms with van der Waals surface area (Å²) in [5.41, 5.74) is 3.37. The van der Waals surface area contributed by atoms with Crippen molar-refractivity contribution in [1.29, 1.82) is 0 Å². The topological polar surface area (TPSA) is 27.6 Å². The molecule has 2 saturated carbocycles. The van der Waals surface area contributed by atoms with E-state index in [1.807, 2.05) is 0 Å². The Labute approximate surface area is 150 Å². The first kappa shape index (κ1) is 16.1. The highest BCUT2D eigenvalue weighted by atomic mass is 127. The summed E-state index contributed by atoms with van der Waals surface area (Å²) in [6.07, 6.45) is 6.82. The number of halogens is 1. The molecule has 2 aliphatic carbocycles. The van der Waals surface area contributed by atoms with Crippen LogP contribution in [0.25, 0.3) is 0 Å². The molecule has 4 rings (SSSR count). The Hall–Kier alpha value is -0.780. The van der Waals surface area contributed by atoms with Gasteiger partial charge < -0.3 is 10.2 Å². The molecule has 0 atom stereocenters. The standard InChI is InChI=1S/C18H25N3.HI/c1-2-19-17(20-13-18(10-11-18)15-7-8-15)21-12-9-14-5-3-4-6-16(14)21;/h3-6,15H,2,7-13H2,1H3,(H,19,20);1H. The molecule has 1 aromatic rings. The Morgan fingerprint density at radius 3 is 2.77 bits per heavy atom. The summed E-state index contributed by atoms with van der Waals surface area (Å²) < 4.78 is 0. The second kappa shape index (κ2) is 6.38. The quantitative estimate of drug-likeness (QED) is 0.464. The fourth-order valence-electron chi connectivity index (χ4n) is 3.74. The van der Waals surface area contributed by atoms with Crippen molar-refractivity contribution in [3.05, 3.63) is 29.8 Å². The minimum absolute atomic E-state index is 0. The number of fused-ring (bicyclic) bond motifs is 1. The van der Waals surface area contributed by atoms with Crippen LogP contribution in [0.5, 0.6) is 0 Å². The maximum atomic E-state index is 5.02. The number of benzene rings is 1. The summed E-state index contributed by atoms with van der Waals surface area (Å²) in [7, 11) is 0. The van der Waals surface area contributed by atoms with Crippen LogP contribution in [0.2, 0.25) is 0 Å². The van der Waals surface area contributed by atoms with E-state index in [9.17, 15) is 0 Å². The van der Waals surface area contributed by atoms with Crippen molar-refractivity contribution in [2.24, 2.45) is 16.3 Å². The molecule has 0 spiro atoms. The molecule has 3 nitrogen and oxygen atoms in total. The summed E-state index contributed by atoms with van der Waals surface area (Å²) in [5.74, 6) is 2.07. The van der Waals surface area contributed by atoms with Crippen molar-refractivity contribution in [3.63, 3.8) is 0 Å². The number of nitrogens with zero attached hydrogens (tertiary/aromatic N) is 2. The van der Waals surface area contributed by atoms with Gasteiger partial charge >= 0.3 is 0 Å². The second-order valence-corrected chi connectivity index (χ2v) is 6.84. The molecule has 1 aliphatic heterocycles. The van der Waals surface area contributed by atoms with E-state index in [1.165, 1.54) is 36.9 Å². The van der Waals surface area contributed by atoms with E-state index in [2.05, 4.69) is 41.4 Å². The Morgan fingerprint density at radius 2 is 2.09 bits per heavy atom. The van der Waals surface area contributed by atoms with Crippen LogP contribution in [0.4, 0.5) is 5.69 Å². The summed E-state index contributed by atoms with van der Waals surface area (Å²) in [5, 5.41) is 3.50. The molecule has 4 heteroatoms. The first-order valence-electron chi connectivity index (χ1n) is 8.46. The number of rotatable bonds is 4. The molecule has 1 N–H and O–H groups in total. The molecule has 0 saturated heterocycles. The molecule has 0 amide bonds. The average Bonchev–Trinajstić information content (AvgIpc) is 3.40. The van der Waals surface area contributed by atoms with Gasteiger partial charge in [-0.3, -0.25) is 4.99 Å². The van der Waals surface area contributed by atoms with E-state index in [4.69, 9.17) is 4.99 Å². The van der Waals surface area contributed by atoms with Crippen molar-refractivity contribution < 1.29 is 0 Å². The first-order chi connectivity index (χ1) is 10.3. The lowest BCUT2D eigenvalue weighted by atomic mass is 10.0. The zero-order chi connectivity index (χ0) is 14.3. The number of guanidine groups is 1. The molecule has 0 bridgehead atoms. The van der Waals surface area contributed by atoms with Gasteiger partial charge in [0.05, 0.1) is 0 Å². The van der Waals surface area contributed by atoms with E-state index >= 15 is 0 Å². The van der Waals surface area contributed by atoms with Gasteiger partial charge in [0, 0.05) is 25.3 Å². The molecule has 22 heavy (non-hydrogen) atoms. The summed E-state index contributed by atoms with van der Waals surface area (Å²) in [6, 6.07) is 8.74. The lowest BCUT2D eigenvalue weighted by Crippen LogP contribution is -2.41. The summed E-state index contributed by atoms with van der Waals surface area (Å²) in [4.78, 5) is 7.40. The van der Waals surface area contributed by atoms with E-state index in [0.717, 1.165) is 37.9 Å². The van der Waals surface area contributed by atoms with Crippen LogP contribution in [-0.2, 0) is 6.42 Å². The zero-order valence-corrected chi connectivity index (χ0v) is 15.7. The molecular formula is C18H26IN3. The predicted octanol–water partition coefficient (Wildman–Crippen LogP) is 3.82. The van der Waals surface area contributed by atoms with Crippen molar-refractivity contribution in [1.82, 2.24) is 5.32 Å². The molecule has 0 radical (unpaired) electrons. The van der Waals surface area contributed by atoms with Gasteiger partial charge in [0.25, 0.3) is 0 Å². The molecule has 120 valence electrons. The van der Waals surface area contributed by atoms with Gasteiger partial charge in [-0.25, -0.2) is 0 Å². The molecule has 1 heterocycles. The Bertz CT molecular complexity index is 561. The second-order valence-electron chi connectivity index (χ2n) is 6.84. The van der Waals surface area contributed by atoms with Crippen LogP contribution in [-0.4, -0.2) is 25.6 Å². The third-order valence-corrected chi connectivity index (χ3v) is 5.36. The molecule has 3 aliphatic rings. The van der Waals surface area contributed by atoms with E-state index in [0.29, 0.717) is 5.41 Å². The number of nitrogens with one attached hydrogen (secondary N) is 1. The largest absolute Gasteiger partial charge is 0.356 e. The number of para-hydroxylation sites is 1. The van der Waals surface area contributed by atoms with Crippen molar-refractivity contribution in [2.75, 3.05) is 24.5 Å². The lowest BCUT2D eigenvalue weighted by Gasteiger charge is -2.23. The lowest BCUT2D eigenvalue weighted by molar-refractivity contribution is 0.453. The predicted molar refractivity (Wildman–Crippen MR) is 103 cm³/mol. The number of hydrogen-bond acceptors (Lipinski definition) is 1. The number of aliphatic imine (C=N–C) groups is 1. The van der Waals surface area contributed by atoms with Gasteiger partial charge in [0.1, 0.15) is 0 Å². The maximum absolute atomic E-state index is 5.02. The molecule has 1 aromatic carbocycles. The minimum Gasteiger partial charge on any atom is -0.356 e. The van der Waals surface area contributed by atoms with Crippen LogP contribution in [0, 0.1) is 11.3 Å².